The van der Waals surface area contributed by atoms with Gasteiger partial charge in [0.1, 0.15) is 0 Å². The molecule has 0 fully saturated rings. The van der Waals surface area contributed by atoms with Crippen molar-refractivity contribution in [2.45, 2.75) is 31.4 Å². The molecule has 4 heteroatoms. The van der Waals surface area contributed by atoms with Gasteiger partial charge in [0.05, 0.1) is 0 Å². The molecule has 1 aliphatic rings. The predicted molar refractivity (Wildman–Crippen MR) is 52.1 cm³/mol. The van der Waals surface area contributed by atoms with E-state index in [1.54, 1.807) is 0 Å². The van der Waals surface area contributed by atoms with E-state index in [1.165, 1.54) is 4.43 Å². The molecule has 1 atom stereocenters. The minimum absolute atomic E-state index is 0.0766. The van der Waals surface area contributed by atoms with Crippen LogP contribution in [-0.2, 0) is 0 Å². The molecular formula is C9H19IN3-. The van der Waals surface area contributed by atoms with E-state index < -0.39 is 0 Å². The fourth-order valence-electron chi connectivity index (χ4n) is 1.22. The van der Waals surface area contributed by atoms with Crippen molar-refractivity contribution >= 4 is 5.84 Å². The molecule has 1 N–H and O–H groups in total. The molecule has 0 aromatic rings. The monoisotopic (exact) mass is 296 g/mol. The molecule has 0 radical (unpaired) electrons. The van der Waals surface area contributed by atoms with Crippen LogP contribution in [0.5, 0.6) is 0 Å². The predicted octanol–water partition coefficient (Wildman–Crippen LogP) is -1.73. The summed E-state index contributed by atoms with van der Waals surface area (Å²) in [6, 6.07) is 0. The summed E-state index contributed by atoms with van der Waals surface area (Å²) in [6.45, 7) is 8.83. The number of alkyl halides is 2. The number of amidine groups is 1. The van der Waals surface area contributed by atoms with Crippen LogP contribution >= 0.6 is 0 Å². The topological polar surface area (TPSA) is 27.6 Å². The number of rotatable bonds is 3. The van der Waals surface area contributed by atoms with E-state index in [2.05, 4.69) is 45.2 Å². The van der Waals surface area contributed by atoms with Crippen LogP contribution in [0.2, 0.25) is 0 Å². The summed E-state index contributed by atoms with van der Waals surface area (Å²) in [6.07, 6.45) is 0. The van der Waals surface area contributed by atoms with E-state index in [0.29, 0.717) is 5.92 Å². The number of nitrogens with zero attached hydrogens (tertiary/aromatic N) is 2. The Bertz CT molecular complexity index is 215. The van der Waals surface area contributed by atoms with Crippen molar-refractivity contribution in [2.75, 3.05) is 11.5 Å². The fourth-order valence-corrected chi connectivity index (χ4v) is 3.73. The van der Waals surface area contributed by atoms with E-state index in [0.717, 1.165) is 5.84 Å². The van der Waals surface area contributed by atoms with Crippen LogP contribution in [-0.4, -0.2) is 26.0 Å². The van der Waals surface area contributed by atoms with Crippen molar-refractivity contribution < 1.29 is 21.2 Å². The van der Waals surface area contributed by atoms with Gasteiger partial charge in [0.15, 0.2) is 0 Å². The second kappa shape index (κ2) is 4.13. The summed E-state index contributed by atoms with van der Waals surface area (Å²) in [5.74, 6) is 1.64. The second-order valence-electron chi connectivity index (χ2n) is 3.63. The Hall–Kier alpha value is 0.160. The Balaban J connectivity index is 2.76. The molecule has 0 aliphatic carbocycles. The third-order valence-corrected chi connectivity index (χ3v) is 5.33. The van der Waals surface area contributed by atoms with Crippen LogP contribution < -0.4 is 26.6 Å². The van der Waals surface area contributed by atoms with Gasteiger partial charge in [-0.05, 0) is 0 Å². The van der Waals surface area contributed by atoms with Crippen LogP contribution in [0.15, 0.2) is 4.99 Å². The molecule has 0 spiro atoms. The van der Waals surface area contributed by atoms with Crippen molar-refractivity contribution in [3.8, 4) is 0 Å². The first-order chi connectivity index (χ1) is 5.99. The van der Waals surface area contributed by atoms with Crippen molar-refractivity contribution in [1.29, 1.82) is 0 Å². The van der Waals surface area contributed by atoms with Crippen molar-refractivity contribution in [3.05, 3.63) is 0 Å². The summed E-state index contributed by atoms with van der Waals surface area (Å²) in [5.41, 5.74) is 3.34. The molecule has 13 heavy (non-hydrogen) atoms. The molecule has 1 rings (SSSR count). The molecule has 1 aliphatic heterocycles. The van der Waals surface area contributed by atoms with Crippen molar-refractivity contribution in [2.24, 2.45) is 10.9 Å². The van der Waals surface area contributed by atoms with Gasteiger partial charge in [0.25, 0.3) is 0 Å². The van der Waals surface area contributed by atoms with Crippen LogP contribution in [0.25, 0.3) is 0 Å². The molecular weight excluding hydrogens is 277 g/mol. The van der Waals surface area contributed by atoms with E-state index in [-0.39, 0.29) is 24.9 Å². The third kappa shape index (κ3) is 2.34. The van der Waals surface area contributed by atoms with Crippen LogP contribution in [0.1, 0.15) is 27.7 Å². The quantitative estimate of drug-likeness (QED) is 0.381. The molecule has 0 aromatic carbocycles. The maximum atomic E-state index is 4.77. The van der Waals surface area contributed by atoms with Crippen LogP contribution in [0.4, 0.5) is 0 Å². The summed E-state index contributed by atoms with van der Waals surface area (Å²) in [5, 5.41) is 2.17. The molecule has 0 saturated carbocycles. The number of nitrogens with one attached hydrogen (secondary N) is 1. The Morgan fingerprint density at radius 3 is 2.62 bits per heavy atom. The Labute approximate surface area is 91.2 Å². The van der Waals surface area contributed by atoms with E-state index in [1.807, 2.05) is 0 Å². The minimum atomic E-state index is 0.0766. The molecule has 0 saturated heterocycles. The summed E-state index contributed by atoms with van der Waals surface area (Å²) < 4.78 is 1.35. The van der Waals surface area contributed by atoms with E-state index in [4.69, 9.17) is 4.99 Å². The average molecular weight is 296 g/mol. The zero-order valence-corrected chi connectivity index (χ0v) is 11.2. The number of hydrazine groups is 1. The normalized spacial score (nSPS) is 29.5. The van der Waals surface area contributed by atoms with Gasteiger partial charge in [-0.2, -0.15) is 0 Å². The van der Waals surface area contributed by atoms with E-state index in [9.17, 15) is 0 Å². The summed E-state index contributed by atoms with van der Waals surface area (Å²) in [4.78, 5) is 4.77. The van der Waals surface area contributed by atoms with Gasteiger partial charge in [-0.15, -0.1) is 0 Å². The van der Waals surface area contributed by atoms with Crippen molar-refractivity contribution in [3.63, 3.8) is 0 Å². The third-order valence-electron chi connectivity index (χ3n) is 2.15. The molecule has 1 heterocycles. The Kier molecular flexibility index (Phi) is 3.57. The number of aliphatic imine (C=N–C) groups is 1. The fraction of sp³-hybridized carbons (Fsp3) is 0.889. The first-order valence-electron chi connectivity index (χ1n) is 4.70. The zero-order chi connectivity index (χ0) is 10.1. The SMILES string of the molecule is CC[I-]C1(C)N=C(C(C)C)NN1C. The molecule has 1 unspecified atom stereocenters. The summed E-state index contributed by atoms with van der Waals surface area (Å²) in [7, 11) is 2.09. The van der Waals surface area contributed by atoms with Gasteiger partial charge in [-0.25, -0.2) is 0 Å². The average Bonchev–Trinajstić information content (AvgIpc) is 2.29. The molecule has 78 valence electrons. The first kappa shape index (κ1) is 11.2. The first-order valence-corrected chi connectivity index (χ1v) is 7.30. The molecule has 0 amide bonds. The van der Waals surface area contributed by atoms with E-state index >= 15 is 0 Å². The standard InChI is InChI=1S/C9H19IN3/c1-6-10-9(4)11-8(7(2)3)12-13(9)5/h7H,6H2,1-5H3,(H,11,12)/q-1. The Morgan fingerprint density at radius 1 is 1.62 bits per heavy atom. The summed E-state index contributed by atoms with van der Waals surface area (Å²) >= 11 is 0.124. The second-order valence-corrected chi connectivity index (χ2v) is 7.96. The molecule has 0 bridgehead atoms. The van der Waals surface area contributed by atoms with Gasteiger partial charge in [0, 0.05) is 0 Å². The number of halogens is 1. The van der Waals surface area contributed by atoms with Gasteiger partial charge in [0.2, 0.25) is 0 Å². The maximum absolute atomic E-state index is 4.77. The number of hydrogen-bond donors (Lipinski definition) is 1. The van der Waals surface area contributed by atoms with Crippen LogP contribution in [0, 0.1) is 5.92 Å². The van der Waals surface area contributed by atoms with Crippen molar-refractivity contribution in [1.82, 2.24) is 10.4 Å². The Morgan fingerprint density at radius 2 is 2.23 bits per heavy atom. The molecule has 3 nitrogen and oxygen atoms in total. The van der Waals surface area contributed by atoms with Gasteiger partial charge >= 0.3 is 91.2 Å². The van der Waals surface area contributed by atoms with Gasteiger partial charge in [-0.1, -0.05) is 0 Å². The number of hydrogen-bond acceptors (Lipinski definition) is 3. The van der Waals surface area contributed by atoms with Gasteiger partial charge in [-0.3, -0.25) is 0 Å². The molecule has 0 aromatic heterocycles. The zero-order valence-electron chi connectivity index (χ0n) is 9.06. The van der Waals surface area contributed by atoms with Crippen LogP contribution in [0.3, 0.4) is 0 Å². The van der Waals surface area contributed by atoms with Gasteiger partial charge < -0.3 is 0 Å².